The van der Waals surface area contributed by atoms with Crippen molar-refractivity contribution in [1.82, 2.24) is 10.3 Å². The highest BCUT2D eigenvalue weighted by Gasteiger charge is 2.30. The molecule has 1 aromatic heterocycles. The van der Waals surface area contributed by atoms with E-state index in [-0.39, 0.29) is 29.9 Å². The highest BCUT2D eigenvalue weighted by Crippen LogP contribution is 2.29. The number of aromatic hydroxyl groups is 1. The van der Waals surface area contributed by atoms with Gasteiger partial charge in [-0.1, -0.05) is 29.8 Å². The maximum absolute atomic E-state index is 12.8. The third-order valence-electron chi connectivity index (χ3n) is 4.62. The van der Waals surface area contributed by atoms with E-state index in [2.05, 4.69) is 20.6 Å². The van der Waals surface area contributed by atoms with Gasteiger partial charge in [0.25, 0.3) is 5.91 Å². The Hall–Kier alpha value is -3.59. The smallest absolute Gasteiger partial charge is 0.416 e. The third kappa shape index (κ3) is 6.95. The number of aromatic nitrogens is 1. The number of nitrogens with zero attached hydrogens (tertiary/aromatic N) is 2. The van der Waals surface area contributed by atoms with E-state index in [1.807, 2.05) is 19.1 Å². The average Bonchev–Trinajstić information content (AvgIpc) is 2.77. The van der Waals surface area contributed by atoms with Crippen molar-refractivity contribution in [2.24, 2.45) is 4.99 Å². The van der Waals surface area contributed by atoms with Gasteiger partial charge >= 0.3 is 6.18 Å². The molecule has 0 aliphatic rings. The summed E-state index contributed by atoms with van der Waals surface area (Å²) in [5.74, 6) is -0.305. The minimum absolute atomic E-state index is 0.0110. The van der Waals surface area contributed by atoms with Gasteiger partial charge in [-0.25, -0.2) is 0 Å². The number of anilines is 1. The van der Waals surface area contributed by atoms with E-state index >= 15 is 0 Å². The van der Waals surface area contributed by atoms with Crippen molar-refractivity contribution in [1.29, 1.82) is 0 Å². The van der Waals surface area contributed by atoms with Crippen LogP contribution in [0.2, 0.25) is 5.02 Å². The van der Waals surface area contributed by atoms with Crippen molar-refractivity contribution in [3.05, 3.63) is 88.4 Å². The lowest BCUT2D eigenvalue weighted by Gasteiger charge is -2.18. The predicted molar refractivity (Wildman–Crippen MR) is 121 cm³/mol. The van der Waals surface area contributed by atoms with Crippen molar-refractivity contribution in [3.8, 4) is 5.88 Å². The zero-order chi connectivity index (χ0) is 24.0. The van der Waals surface area contributed by atoms with Gasteiger partial charge in [-0.05, 0) is 55.0 Å². The molecule has 1 heterocycles. The van der Waals surface area contributed by atoms with E-state index in [1.54, 1.807) is 24.3 Å². The minimum Gasteiger partial charge on any atom is -0.493 e. The summed E-state index contributed by atoms with van der Waals surface area (Å²) >= 11 is 5.93. The highest BCUT2D eigenvalue weighted by atomic mass is 35.5. The number of amides is 1. The first kappa shape index (κ1) is 24.1. The molecular formula is C23H20ClF3N4O2. The number of aliphatic imine (C=N–C) groups is 1. The number of carbonyl (C=O) groups excluding carboxylic acids is 1. The van der Waals surface area contributed by atoms with Crippen LogP contribution in [0.15, 0.2) is 71.7 Å². The number of amidine groups is 1. The Bertz CT molecular complexity index is 1130. The Labute approximate surface area is 193 Å². The topological polar surface area (TPSA) is 86.6 Å². The van der Waals surface area contributed by atoms with E-state index in [4.69, 9.17) is 11.6 Å². The van der Waals surface area contributed by atoms with Gasteiger partial charge in [-0.2, -0.15) is 23.1 Å². The van der Waals surface area contributed by atoms with Crippen molar-refractivity contribution in [2.75, 3.05) is 11.9 Å². The summed E-state index contributed by atoms with van der Waals surface area (Å²) in [7, 11) is 0. The molecule has 0 spiro atoms. The molecule has 0 radical (unpaired) electrons. The number of hydrogen-bond donors (Lipinski definition) is 3. The van der Waals surface area contributed by atoms with Gasteiger partial charge in [-0.3, -0.25) is 4.79 Å². The quantitative estimate of drug-likeness (QED) is 0.325. The molecule has 2 aromatic carbocycles. The lowest BCUT2D eigenvalue weighted by atomic mass is 10.1. The van der Waals surface area contributed by atoms with Gasteiger partial charge < -0.3 is 15.7 Å². The molecule has 0 saturated heterocycles. The van der Waals surface area contributed by atoms with Crippen LogP contribution in [-0.2, 0) is 6.18 Å². The van der Waals surface area contributed by atoms with Gasteiger partial charge in [0, 0.05) is 22.7 Å². The Kier molecular flexibility index (Phi) is 7.55. The van der Waals surface area contributed by atoms with Crippen LogP contribution >= 0.6 is 11.6 Å². The number of pyridine rings is 1. The van der Waals surface area contributed by atoms with Crippen LogP contribution in [0.1, 0.15) is 34.5 Å². The molecule has 172 valence electrons. The van der Waals surface area contributed by atoms with Crippen LogP contribution in [0.25, 0.3) is 0 Å². The van der Waals surface area contributed by atoms with Crippen molar-refractivity contribution < 1.29 is 23.1 Å². The number of hydrogen-bond acceptors (Lipinski definition) is 4. The highest BCUT2D eigenvalue weighted by molar-refractivity contribution is 6.30. The second-order valence-corrected chi connectivity index (χ2v) is 7.53. The zero-order valence-corrected chi connectivity index (χ0v) is 18.2. The molecule has 3 N–H and O–H groups in total. The van der Waals surface area contributed by atoms with Crippen LogP contribution in [-0.4, -0.2) is 28.4 Å². The zero-order valence-electron chi connectivity index (χ0n) is 17.4. The second kappa shape index (κ2) is 10.4. The normalized spacial score (nSPS) is 12.8. The summed E-state index contributed by atoms with van der Waals surface area (Å²) in [5, 5.41) is 16.2. The first-order chi connectivity index (χ1) is 15.6. The number of benzene rings is 2. The van der Waals surface area contributed by atoms with Crippen molar-refractivity contribution in [3.63, 3.8) is 0 Å². The van der Waals surface area contributed by atoms with Crippen LogP contribution in [0.5, 0.6) is 5.88 Å². The summed E-state index contributed by atoms with van der Waals surface area (Å²) in [6.45, 7) is 1.90. The summed E-state index contributed by atoms with van der Waals surface area (Å²) in [6, 6.07) is 15.3. The number of carbonyl (C=O) groups is 1. The SMILES string of the molecule is CC(N/C(CNc1cccc(O)n1)=N/C(=O)c1ccc(C(F)(F)F)cc1)c1ccc(Cl)cc1. The standard InChI is InChI=1S/C23H20ClF3N4O2/c1-14(15-7-11-18(24)12-8-15)29-20(13-28-19-3-2-4-21(32)30-19)31-22(33)16-5-9-17(10-6-16)23(25,26)27/h2-12,14H,13H2,1H3,(H2,28,30,32)(H,29,31,33). The fourth-order valence-electron chi connectivity index (χ4n) is 2.89. The van der Waals surface area contributed by atoms with Gasteiger partial charge in [0.1, 0.15) is 11.7 Å². The summed E-state index contributed by atoms with van der Waals surface area (Å²) in [6.07, 6.45) is -4.50. The van der Waals surface area contributed by atoms with Crippen LogP contribution < -0.4 is 10.6 Å². The molecule has 0 aliphatic heterocycles. The first-order valence-corrected chi connectivity index (χ1v) is 10.2. The molecular weight excluding hydrogens is 457 g/mol. The third-order valence-corrected chi connectivity index (χ3v) is 4.87. The number of halogens is 4. The van der Waals surface area contributed by atoms with Crippen LogP contribution in [0.4, 0.5) is 19.0 Å². The van der Waals surface area contributed by atoms with Crippen molar-refractivity contribution in [2.45, 2.75) is 19.1 Å². The maximum Gasteiger partial charge on any atom is 0.416 e. The molecule has 0 aliphatic carbocycles. The molecule has 6 nitrogen and oxygen atoms in total. The summed E-state index contributed by atoms with van der Waals surface area (Å²) in [4.78, 5) is 20.6. The molecule has 3 rings (SSSR count). The van der Waals surface area contributed by atoms with Gasteiger partial charge in [-0.15, -0.1) is 0 Å². The molecule has 10 heteroatoms. The number of nitrogens with one attached hydrogen (secondary N) is 2. The van der Waals surface area contributed by atoms with Crippen LogP contribution in [0.3, 0.4) is 0 Å². The van der Waals surface area contributed by atoms with E-state index < -0.39 is 17.6 Å². The Morgan fingerprint density at radius 2 is 1.76 bits per heavy atom. The lowest BCUT2D eigenvalue weighted by molar-refractivity contribution is -0.137. The lowest BCUT2D eigenvalue weighted by Crippen LogP contribution is -2.33. The Balaban J connectivity index is 1.81. The first-order valence-electron chi connectivity index (χ1n) is 9.83. The predicted octanol–water partition coefficient (Wildman–Crippen LogP) is 5.46. The van der Waals surface area contributed by atoms with E-state index in [0.29, 0.717) is 10.8 Å². The fourth-order valence-corrected chi connectivity index (χ4v) is 3.02. The minimum atomic E-state index is -4.50. The fraction of sp³-hybridized carbons (Fsp3) is 0.174. The molecule has 0 bridgehead atoms. The second-order valence-electron chi connectivity index (χ2n) is 7.09. The summed E-state index contributed by atoms with van der Waals surface area (Å²) < 4.78 is 38.4. The van der Waals surface area contributed by atoms with E-state index in [0.717, 1.165) is 29.8 Å². The molecule has 0 fully saturated rings. The Morgan fingerprint density at radius 1 is 1.09 bits per heavy atom. The molecule has 33 heavy (non-hydrogen) atoms. The van der Waals surface area contributed by atoms with Crippen LogP contribution in [0, 0.1) is 0 Å². The van der Waals surface area contributed by atoms with Gasteiger partial charge in [0.15, 0.2) is 0 Å². The Morgan fingerprint density at radius 3 is 2.36 bits per heavy atom. The van der Waals surface area contributed by atoms with E-state index in [9.17, 15) is 23.1 Å². The molecule has 3 aromatic rings. The molecule has 1 atom stereocenters. The van der Waals surface area contributed by atoms with Gasteiger partial charge in [0.2, 0.25) is 5.88 Å². The van der Waals surface area contributed by atoms with Gasteiger partial charge in [0.05, 0.1) is 12.1 Å². The molecule has 1 amide bonds. The monoisotopic (exact) mass is 476 g/mol. The molecule has 1 unspecified atom stereocenters. The molecule has 0 saturated carbocycles. The largest absolute Gasteiger partial charge is 0.493 e. The summed E-state index contributed by atoms with van der Waals surface area (Å²) in [5.41, 5.74) is 0.0378. The van der Waals surface area contributed by atoms with E-state index in [1.165, 1.54) is 6.07 Å². The average molecular weight is 477 g/mol. The van der Waals surface area contributed by atoms with Crippen molar-refractivity contribution >= 4 is 29.2 Å². The number of alkyl halides is 3. The number of rotatable bonds is 6. The maximum atomic E-state index is 12.8.